The van der Waals surface area contributed by atoms with Crippen molar-refractivity contribution in [3.05, 3.63) is 84.9 Å². The van der Waals surface area contributed by atoms with Crippen LogP contribution in [-0.4, -0.2) is 21.6 Å². The Kier molecular flexibility index (Phi) is 5.25. The molecule has 0 aliphatic carbocycles. The Labute approximate surface area is 175 Å². The lowest BCUT2D eigenvalue weighted by Crippen LogP contribution is -2.17. The molecule has 0 aliphatic heterocycles. The van der Waals surface area contributed by atoms with E-state index in [2.05, 4.69) is 9.72 Å². The van der Waals surface area contributed by atoms with Gasteiger partial charge in [0, 0.05) is 16.7 Å². The van der Waals surface area contributed by atoms with Crippen LogP contribution in [0, 0.1) is 0 Å². The Balaban J connectivity index is 1.90. The van der Waals surface area contributed by atoms with Crippen molar-refractivity contribution in [1.82, 2.24) is 4.98 Å². The molecule has 0 amide bonds. The van der Waals surface area contributed by atoms with E-state index in [9.17, 15) is 23.4 Å². The van der Waals surface area contributed by atoms with Crippen LogP contribution in [0.2, 0.25) is 0 Å². The first-order valence-electron chi connectivity index (χ1n) is 9.24. The normalized spacial score (nSPS) is 11.3. The molecule has 0 unspecified atom stereocenters. The van der Waals surface area contributed by atoms with E-state index in [0.717, 1.165) is 0 Å². The minimum Gasteiger partial charge on any atom is -0.508 e. The number of phenols is 2. The molecule has 0 bridgehead atoms. The molecule has 4 rings (SSSR count). The summed E-state index contributed by atoms with van der Waals surface area (Å²) >= 11 is 0. The van der Waals surface area contributed by atoms with Crippen LogP contribution in [0.25, 0.3) is 33.6 Å². The van der Waals surface area contributed by atoms with Crippen molar-refractivity contribution in [3.8, 4) is 50.9 Å². The highest BCUT2D eigenvalue weighted by atomic mass is 19.4. The zero-order valence-electron chi connectivity index (χ0n) is 16.0. The van der Waals surface area contributed by atoms with Crippen LogP contribution in [0.4, 0.5) is 13.2 Å². The number of aromatic hydroxyl groups is 2. The maximum absolute atomic E-state index is 12.9. The second kappa shape index (κ2) is 8.02. The number of phenolic OH excluding ortho intramolecular Hbond substituents is 2. The predicted octanol–water partition coefficient (Wildman–Crippen LogP) is 6.39. The van der Waals surface area contributed by atoms with E-state index in [-0.39, 0.29) is 22.8 Å². The minimum absolute atomic E-state index is 0.0857. The van der Waals surface area contributed by atoms with Crippen molar-refractivity contribution in [2.45, 2.75) is 6.36 Å². The molecule has 4 aromatic rings. The Morgan fingerprint density at radius 3 is 1.61 bits per heavy atom. The lowest BCUT2D eigenvalue weighted by molar-refractivity contribution is -0.274. The van der Waals surface area contributed by atoms with Gasteiger partial charge in [0.2, 0.25) is 0 Å². The number of hydrogen-bond acceptors (Lipinski definition) is 4. The fourth-order valence-electron chi connectivity index (χ4n) is 3.17. The van der Waals surface area contributed by atoms with Crippen LogP contribution in [0.3, 0.4) is 0 Å². The van der Waals surface area contributed by atoms with Crippen molar-refractivity contribution >= 4 is 0 Å². The summed E-state index contributed by atoms with van der Waals surface area (Å²) < 4.78 is 43.0. The number of hydrogen-bond donors (Lipinski definition) is 2. The number of para-hydroxylation sites is 1. The zero-order chi connectivity index (χ0) is 22.0. The molecule has 4 nitrogen and oxygen atoms in total. The van der Waals surface area contributed by atoms with Crippen molar-refractivity contribution in [3.63, 3.8) is 0 Å². The van der Waals surface area contributed by atoms with E-state index in [4.69, 9.17) is 0 Å². The van der Waals surface area contributed by atoms with Gasteiger partial charge in [-0.1, -0.05) is 18.2 Å². The summed E-state index contributed by atoms with van der Waals surface area (Å²) in [6, 6.07) is 21.9. The number of nitrogens with zero attached hydrogens (tertiary/aromatic N) is 1. The first-order chi connectivity index (χ1) is 14.8. The first kappa shape index (κ1) is 20.3. The van der Waals surface area contributed by atoms with Crippen LogP contribution >= 0.6 is 0 Å². The van der Waals surface area contributed by atoms with E-state index >= 15 is 0 Å². The van der Waals surface area contributed by atoms with E-state index in [0.29, 0.717) is 28.1 Å². The van der Waals surface area contributed by atoms with Crippen LogP contribution in [0.1, 0.15) is 0 Å². The number of ether oxygens (including phenoxy) is 1. The molecular weight excluding hydrogens is 407 g/mol. The molecule has 0 saturated heterocycles. The number of pyridine rings is 1. The van der Waals surface area contributed by atoms with Crippen molar-refractivity contribution in [2.24, 2.45) is 0 Å². The molecule has 0 fully saturated rings. The highest BCUT2D eigenvalue weighted by molar-refractivity contribution is 5.79. The molecule has 7 heteroatoms. The summed E-state index contributed by atoms with van der Waals surface area (Å²) in [4.78, 5) is 4.64. The molecule has 0 spiro atoms. The highest BCUT2D eigenvalue weighted by Gasteiger charge is 2.32. The smallest absolute Gasteiger partial charge is 0.508 e. The van der Waals surface area contributed by atoms with Crippen LogP contribution in [0.15, 0.2) is 84.9 Å². The minimum atomic E-state index is -4.83. The largest absolute Gasteiger partial charge is 0.573 e. The van der Waals surface area contributed by atoms with E-state index < -0.39 is 6.36 Å². The fraction of sp³-hybridized carbons (Fsp3) is 0.0417. The molecule has 1 aromatic heterocycles. The summed E-state index contributed by atoms with van der Waals surface area (Å²) in [5.41, 5.74) is 3.08. The molecule has 156 valence electrons. The molecule has 0 radical (unpaired) electrons. The summed E-state index contributed by atoms with van der Waals surface area (Å²) in [6.45, 7) is 0. The average Bonchev–Trinajstić information content (AvgIpc) is 2.74. The lowest BCUT2D eigenvalue weighted by atomic mass is 9.99. The van der Waals surface area contributed by atoms with Gasteiger partial charge in [-0.2, -0.15) is 0 Å². The fourth-order valence-corrected chi connectivity index (χ4v) is 3.17. The van der Waals surface area contributed by atoms with Crippen molar-refractivity contribution < 1.29 is 28.1 Å². The zero-order valence-corrected chi connectivity index (χ0v) is 16.0. The topological polar surface area (TPSA) is 62.6 Å². The molecular formula is C24H16F3NO3. The summed E-state index contributed by atoms with van der Waals surface area (Å²) in [7, 11) is 0. The quantitative estimate of drug-likeness (QED) is 0.399. The van der Waals surface area contributed by atoms with Gasteiger partial charge >= 0.3 is 6.36 Å². The third-order valence-corrected chi connectivity index (χ3v) is 4.58. The Morgan fingerprint density at radius 1 is 0.645 bits per heavy atom. The van der Waals surface area contributed by atoms with Gasteiger partial charge in [-0.25, -0.2) is 4.98 Å². The summed E-state index contributed by atoms with van der Waals surface area (Å²) in [5.74, 6) is -0.153. The van der Waals surface area contributed by atoms with Crippen LogP contribution in [0.5, 0.6) is 17.2 Å². The van der Waals surface area contributed by atoms with Crippen molar-refractivity contribution in [1.29, 1.82) is 0 Å². The Hall–Kier alpha value is -4.00. The molecule has 31 heavy (non-hydrogen) atoms. The third-order valence-electron chi connectivity index (χ3n) is 4.58. The van der Waals surface area contributed by atoms with Crippen LogP contribution in [-0.2, 0) is 0 Å². The third kappa shape index (κ3) is 4.78. The standard InChI is InChI=1S/C24H16F3NO3/c25-24(26,27)31-23-4-2-1-3-20(23)17-13-21(15-5-9-18(29)10-6-15)28-22(14-17)16-7-11-19(30)12-8-16/h1-14,29-30H. The summed E-state index contributed by atoms with van der Waals surface area (Å²) in [5, 5.41) is 19.1. The summed E-state index contributed by atoms with van der Waals surface area (Å²) in [6.07, 6.45) is -4.83. The van der Waals surface area contributed by atoms with Crippen LogP contribution < -0.4 is 4.74 Å². The average molecular weight is 423 g/mol. The second-order valence-corrected chi connectivity index (χ2v) is 6.76. The Morgan fingerprint density at radius 2 is 1.13 bits per heavy atom. The number of aromatic nitrogens is 1. The monoisotopic (exact) mass is 423 g/mol. The molecule has 1 heterocycles. The molecule has 2 N–H and O–H groups in total. The number of rotatable bonds is 4. The SMILES string of the molecule is Oc1ccc(-c2cc(-c3ccccc3OC(F)(F)F)cc(-c3ccc(O)cc3)n2)cc1. The second-order valence-electron chi connectivity index (χ2n) is 6.76. The van der Waals surface area contributed by atoms with Gasteiger partial charge in [0.05, 0.1) is 11.4 Å². The number of halogens is 3. The van der Waals surface area contributed by atoms with E-state index in [1.807, 2.05) is 0 Å². The first-order valence-corrected chi connectivity index (χ1v) is 9.24. The van der Waals surface area contributed by atoms with Gasteiger partial charge in [0.1, 0.15) is 17.2 Å². The van der Waals surface area contributed by atoms with Gasteiger partial charge in [0.25, 0.3) is 0 Å². The van der Waals surface area contributed by atoms with Gasteiger partial charge < -0.3 is 14.9 Å². The van der Waals surface area contributed by atoms with Crippen molar-refractivity contribution in [2.75, 3.05) is 0 Å². The van der Waals surface area contributed by atoms with Gasteiger partial charge in [0.15, 0.2) is 0 Å². The molecule has 0 aliphatic rings. The van der Waals surface area contributed by atoms with Gasteiger partial charge in [-0.3, -0.25) is 0 Å². The number of benzene rings is 3. The molecule has 0 atom stereocenters. The Bertz CT molecular complexity index is 1140. The predicted molar refractivity (Wildman–Crippen MR) is 111 cm³/mol. The maximum Gasteiger partial charge on any atom is 0.573 e. The number of alkyl halides is 3. The highest BCUT2D eigenvalue weighted by Crippen LogP contribution is 2.37. The molecule has 3 aromatic carbocycles. The maximum atomic E-state index is 12.9. The van der Waals surface area contributed by atoms with E-state index in [1.165, 1.54) is 42.5 Å². The molecule has 0 saturated carbocycles. The van der Waals surface area contributed by atoms with E-state index in [1.54, 1.807) is 42.5 Å². The van der Waals surface area contributed by atoms with Gasteiger partial charge in [-0.15, -0.1) is 13.2 Å². The lowest BCUT2D eigenvalue weighted by Gasteiger charge is -2.15. The van der Waals surface area contributed by atoms with Gasteiger partial charge in [-0.05, 0) is 72.3 Å².